The fourth-order valence-corrected chi connectivity index (χ4v) is 2.76. The van der Waals surface area contributed by atoms with E-state index >= 15 is 0 Å². The molecule has 0 aromatic heterocycles. The van der Waals surface area contributed by atoms with Crippen molar-refractivity contribution in [3.05, 3.63) is 58.1 Å². The van der Waals surface area contributed by atoms with Gasteiger partial charge in [-0.2, -0.15) is 0 Å². The highest BCUT2D eigenvalue weighted by molar-refractivity contribution is 9.10. The van der Waals surface area contributed by atoms with E-state index in [4.69, 9.17) is 0 Å². The molecule has 2 amide bonds. The average molecular weight is 353 g/mol. The zero-order valence-corrected chi connectivity index (χ0v) is 12.5. The summed E-state index contributed by atoms with van der Waals surface area (Å²) >= 11 is 3.39. The van der Waals surface area contributed by atoms with Crippen molar-refractivity contribution in [1.82, 2.24) is 0 Å². The zero-order valence-electron chi connectivity index (χ0n) is 10.9. The number of hydrogen-bond donors (Lipinski definition) is 1. The molecule has 1 aliphatic rings. The first-order valence-electron chi connectivity index (χ1n) is 6.36. The third-order valence-corrected chi connectivity index (χ3v) is 3.85. The summed E-state index contributed by atoms with van der Waals surface area (Å²) in [6.07, 6.45) is 0.744. The van der Waals surface area contributed by atoms with E-state index in [1.165, 1.54) is 6.07 Å². The molecule has 1 aliphatic heterocycles. The van der Waals surface area contributed by atoms with Crippen molar-refractivity contribution in [3.63, 3.8) is 0 Å². The number of hydrogen-bond acceptors (Lipinski definition) is 1. The van der Waals surface area contributed by atoms with Gasteiger partial charge in [-0.25, -0.2) is 13.6 Å². The standard InChI is InChI=1S/C15H11BrF2N2O/c16-10-1-4-14-9(7-10)5-6-20(14)15(21)19-13-3-2-11(17)8-12(13)18/h1-4,7-8H,5-6H2,(H,19,21). The molecule has 0 radical (unpaired) electrons. The van der Waals surface area contributed by atoms with Gasteiger partial charge in [-0.05, 0) is 42.3 Å². The summed E-state index contributed by atoms with van der Waals surface area (Å²) < 4.78 is 27.4. The van der Waals surface area contributed by atoms with E-state index in [1.54, 1.807) is 4.90 Å². The van der Waals surface area contributed by atoms with Gasteiger partial charge in [0.2, 0.25) is 0 Å². The van der Waals surface area contributed by atoms with Gasteiger partial charge in [-0.1, -0.05) is 15.9 Å². The minimum absolute atomic E-state index is 0.0352. The second-order valence-electron chi connectivity index (χ2n) is 4.73. The zero-order chi connectivity index (χ0) is 15.0. The normalized spacial score (nSPS) is 13.2. The number of carbonyl (C=O) groups is 1. The fourth-order valence-electron chi connectivity index (χ4n) is 2.35. The number of nitrogens with one attached hydrogen (secondary N) is 1. The van der Waals surface area contributed by atoms with Gasteiger partial charge in [0.05, 0.1) is 5.69 Å². The molecule has 6 heteroatoms. The Balaban J connectivity index is 1.81. The van der Waals surface area contributed by atoms with Crippen molar-refractivity contribution in [1.29, 1.82) is 0 Å². The Morgan fingerprint density at radius 2 is 2.00 bits per heavy atom. The van der Waals surface area contributed by atoms with Crippen LogP contribution in [-0.4, -0.2) is 12.6 Å². The number of urea groups is 1. The predicted octanol–water partition coefficient (Wildman–Crippen LogP) is 4.32. The van der Waals surface area contributed by atoms with Crippen LogP contribution in [0.15, 0.2) is 40.9 Å². The molecule has 0 aliphatic carbocycles. The number of amides is 2. The number of anilines is 2. The van der Waals surface area contributed by atoms with Crippen molar-refractivity contribution in [2.75, 3.05) is 16.8 Å². The molecule has 0 fully saturated rings. The molecule has 0 spiro atoms. The molecule has 2 aromatic carbocycles. The first-order chi connectivity index (χ1) is 10.0. The van der Waals surface area contributed by atoms with Crippen LogP contribution in [0.3, 0.4) is 0 Å². The second-order valence-corrected chi connectivity index (χ2v) is 5.64. The van der Waals surface area contributed by atoms with Crippen LogP contribution in [0.4, 0.5) is 25.0 Å². The molecular formula is C15H11BrF2N2O. The largest absolute Gasteiger partial charge is 0.326 e. The Kier molecular flexibility index (Phi) is 3.63. The molecule has 1 N–H and O–H groups in total. The molecule has 3 rings (SSSR count). The molecule has 0 atom stereocenters. The fraction of sp³-hybridized carbons (Fsp3) is 0.133. The summed E-state index contributed by atoms with van der Waals surface area (Å²) in [6, 6.07) is 8.28. The number of fused-ring (bicyclic) bond motifs is 1. The first-order valence-corrected chi connectivity index (χ1v) is 7.16. The molecule has 0 bridgehead atoms. The smallest absolute Gasteiger partial charge is 0.305 e. The van der Waals surface area contributed by atoms with Crippen molar-refractivity contribution in [2.45, 2.75) is 6.42 Å². The van der Waals surface area contributed by atoms with Crippen molar-refractivity contribution < 1.29 is 13.6 Å². The molecule has 21 heavy (non-hydrogen) atoms. The number of carbonyl (C=O) groups excluding carboxylic acids is 1. The Labute approximate surface area is 128 Å². The van der Waals surface area contributed by atoms with Gasteiger partial charge in [0.1, 0.15) is 11.6 Å². The van der Waals surface area contributed by atoms with Crippen molar-refractivity contribution in [2.24, 2.45) is 0 Å². The third-order valence-electron chi connectivity index (χ3n) is 3.35. The Morgan fingerprint density at radius 3 is 2.76 bits per heavy atom. The monoisotopic (exact) mass is 352 g/mol. The molecule has 1 heterocycles. The van der Waals surface area contributed by atoms with Gasteiger partial charge in [0.25, 0.3) is 0 Å². The van der Waals surface area contributed by atoms with Crippen molar-refractivity contribution >= 4 is 33.3 Å². The third kappa shape index (κ3) is 2.76. The Morgan fingerprint density at radius 1 is 1.19 bits per heavy atom. The quantitative estimate of drug-likeness (QED) is 0.814. The van der Waals surface area contributed by atoms with E-state index in [-0.39, 0.29) is 5.69 Å². The van der Waals surface area contributed by atoms with Gasteiger partial charge in [0, 0.05) is 22.8 Å². The minimum atomic E-state index is -0.793. The summed E-state index contributed by atoms with van der Waals surface area (Å²) in [5.74, 6) is -1.47. The van der Waals surface area contributed by atoms with Gasteiger partial charge in [-0.15, -0.1) is 0 Å². The first kappa shape index (κ1) is 14.0. The van der Waals surface area contributed by atoms with Crippen LogP contribution in [-0.2, 0) is 6.42 Å². The molecule has 0 saturated heterocycles. The van der Waals surface area contributed by atoms with Gasteiger partial charge < -0.3 is 5.32 Å². The highest BCUT2D eigenvalue weighted by Gasteiger charge is 2.25. The maximum absolute atomic E-state index is 13.6. The number of halogens is 3. The number of rotatable bonds is 1. The summed E-state index contributed by atoms with van der Waals surface area (Å²) in [5.41, 5.74) is 1.82. The highest BCUT2D eigenvalue weighted by atomic mass is 79.9. The average Bonchev–Trinajstić information content (AvgIpc) is 2.84. The van der Waals surface area contributed by atoms with Crippen LogP contribution in [0.25, 0.3) is 0 Å². The lowest BCUT2D eigenvalue weighted by molar-refractivity contribution is 0.257. The summed E-state index contributed by atoms with van der Waals surface area (Å²) in [5, 5.41) is 2.47. The molecule has 0 saturated carbocycles. The molecule has 2 aromatic rings. The predicted molar refractivity (Wildman–Crippen MR) is 80.6 cm³/mol. The van der Waals surface area contributed by atoms with Crippen LogP contribution in [0.5, 0.6) is 0 Å². The maximum atomic E-state index is 13.6. The topological polar surface area (TPSA) is 32.3 Å². The lowest BCUT2D eigenvalue weighted by Crippen LogP contribution is -2.33. The Hall–Kier alpha value is -1.95. The lowest BCUT2D eigenvalue weighted by Gasteiger charge is -2.18. The second kappa shape index (κ2) is 5.44. The van der Waals surface area contributed by atoms with Crippen LogP contribution in [0, 0.1) is 11.6 Å². The molecule has 3 nitrogen and oxygen atoms in total. The SMILES string of the molecule is O=C(Nc1ccc(F)cc1F)N1CCc2cc(Br)ccc21. The van der Waals surface area contributed by atoms with E-state index in [0.717, 1.165) is 34.3 Å². The van der Waals surface area contributed by atoms with E-state index in [2.05, 4.69) is 21.2 Å². The van der Waals surface area contributed by atoms with Crippen molar-refractivity contribution in [3.8, 4) is 0 Å². The molecule has 0 unspecified atom stereocenters. The van der Waals surface area contributed by atoms with Crippen LogP contribution in [0.2, 0.25) is 0 Å². The Bertz CT molecular complexity index is 721. The summed E-state index contributed by atoms with van der Waals surface area (Å²) in [6.45, 7) is 0.528. The number of nitrogens with zero attached hydrogens (tertiary/aromatic N) is 1. The number of benzene rings is 2. The van der Waals surface area contributed by atoms with E-state index in [1.807, 2.05) is 18.2 Å². The van der Waals surface area contributed by atoms with E-state index in [0.29, 0.717) is 6.54 Å². The minimum Gasteiger partial charge on any atom is -0.305 e. The maximum Gasteiger partial charge on any atom is 0.326 e. The lowest BCUT2D eigenvalue weighted by atomic mass is 10.2. The van der Waals surface area contributed by atoms with Crippen LogP contribution < -0.4 is 10.2 Å². The summed E-state index contributed by atoms with van der Waals surface area (Å²) in [4.78, 5) is 13.8. The molecular weight excluding hydrogens is 342 g/mol. The van der Waals surface area contributed by atoms with Crippen LogP contribution >= 0.6 is 15.9 Å². The summed E-state index contributed by atoms with van der Waals surface area (Å²) in [7, 11) is 0. The van der Waals surface area contributed by atoms with Gasteiger partial charge in [-0.3, -0.25) is 4.90 Å². The van der Waals surface area contributed by atoms with E-state index in [9.17, 15) is 13.6 Å². The van der Waals surface area contributed by atoms with Gasteiger partial charge >= 0.3 is 6.03 Å². The highest BCUT2D eigenvalue weighted by Crippen LogP contribution is 2.31. The van der Waals surface area contributed by atoms with Crippen LogP contribution in [0.1, 0.15) is 5.56 Å². The van der Waals surface area contributed by atoms with E-state index < -0.39 is 17.7 Å². The van der Waals surface area contributed by atoms with Gasteiger partial charge in [0.15, 0.2) is 0 Å². The molecule has 108 valence electrons.